The van der Waals surface area contributed by atoms with Crippen LogP contribution in [-0.4, -0.2) is 80.7 Å². The van der Waals surface area contributed by atoms with Crippen molar-refractivity contribution in [2.75, 3.05) is 57.2 Å². The highest BCUT2D eigenvalue weighted by atomic mass is 19.1. The first-order valence-electron chi connectivity index (χ1n) is 12.5. The van der Waals surface area contributed by atoms with E-state index in [2.05, 4.69) is 25.6 Å². The normalized spacial score (nSPS) is 21.3. The van der Waals surface area contributed by atoms with Crippen LogP contribution in [0.2, 0.25) is 0 Å². The molecule has 0 bridgehead atoms. The van der Waals surface area contributed by atoms with Crippen LogP contribution in [0.15, 0.2) is 63.8 Å². The molecule has 0 aromatic heterocycles. The number of methoxy groups -OCH3 is 1. The van der Waals surface area contributed by atoms with E-state index in [-0.39, 0.29) is 11.6 Å². The van der Waals surface area contributed by atoms with Crippen LogP contribution in [0.4, 0.5) is 20.6 Å². The molecule has 0 aliphatic carbocycles. The van der Waals surface area contributed by atoms with Gasteiger partial charge in [0, 0.05) is 38.3 Å². The Kier molecular flexibility index (Phi) is 7.68. The summed E-state index contributed by atoms with van der Waals surface area (Å²) in [6.07, 6.45) is 1.44. The van der Waals surface area contributed by atoms with Gasteiger partial charge in [0.2, 0.25) is 0 Å². The third kappa shape index (κ3) is 5.40. The Morgan fingerprint density at radius 3 is 2.76 bits per heavy atom. The number of carbonyl (C=O) groups excluding carboxylic acids is 1. The molecule has 3 aliphatic rings. The number of anilines is 2. The molecule has 2 unspecified atom stereocenters. The molecule has 0 spiro atoms. The number of nitrogens with one attached hydrogen (secondary N) is 2. The van der Waals surface area contributed by atoms with Crippen molar-refractivity contribution in [1.82, 2.24) is 9.91 Å². The van der Waals surface area contributed by atoms with E-state index in [9.17, 15) is 4.79 Å². The molecule has 3 aliphatic heterocycles. The van der Waals surface area contributed by atoms with E-state index in [1.54, 1.807) is 25.3 Å². The number of amidine groups is 1. The summed E-state index contributed by atoms with van der Waals surface area (Å²) in [7, 11) is 1.63. The van der Waals surface area contributed by atoms with E-state index in [4.69, 9.17) is 15.2 Å². The lowest BCUT2D eigenvalue weighted by molar-refractivity contribution is 0.0391. The van der Waals surface area contributed by atoms with Crippen molar-refractivity contribution in [2.45, 2.75) is 18.9 Å². The van der Waals surface area contributed by atoms with Gasteiger partial charge in [0.1, 0.15) is 24.0 Å². The van der Waals surface area contributed by atoms with Crippen LogP contribution in [0, 0.1) is 12.7 Å². The lowest BCUT2D eigenvalue weighted by Crippen LogP contribution is -2.46. The zero-order valence-electron chi connectivity index (χ0n) is 21.5. The first-order valence-corrected chi connectivity index (χ1v) is 12.5. The van der Waals surface area contributed by atoms with Crippen LogP contribution in [0.3, 0.4) is 0 Å². The van der Waals surface area contributed by atoms with Crippen LogP contribution in [0.5, 0.6) is 0 Å². The smallest absolute Gasteiger partial charge is 0.323 e. The van der Waals surface area contributed by atoms with Crippen LogP contribution in [-0.2, 0) is 9.47 Å². The standard InChI is InChI=1S/C27H32FN7O3/c1-17-4-3-5-19(12-17)32-27(36)33-22-7-6-18(13-21(22)28)24-20(15-37-2)23(14-34-8-10-38-11-9-34)35-25(24)26(29)30-16-31-35/h3-7,12-13,16,24-25H,8-11,14-15H2,1-2H3,(H2,29,30,31)(H2,32,33,36). The number of nitrogens with two attached hydrogens (primary N) is 1. The maximum absolute atomic E-state index is 15.4. The number of rotatable bonds is 7. The number of aryl methyl sites for hydroxylation is 1. The Morgan fingerprint density at radius 1 is 1.21 bits per heavy atom. The lowest BCUT2D eigenvalue weighted by atomic mass is 9.86. The number of fused-ring (bicyclic) bond motifs is 1. The second-order valence-corrected chi connectivity index (χ2v) is 9.53. The molecule has 4 N–H and O–H groups in total. The minimum Gasteiger partial charge on any atom is -0.385 e. The topological polar surface area (TPSA) is 117 Å². The number of amides is 2. The quantitative estimate of drug-likeness (QED) is 0.516. The van der Waals surface area contributed by atoms with Crippen molar-refractivity contribution in [3.63, 3.8) is 0 Å². The minimum atomic E-state index is -0.554. The summed E-state index contributed by atoms with van der Waals surface area (Å²) < 4.78 is 26.4. The number of halogens is 1. The Hall–Kier alpha value is -3.80. The number of hydrazone groups is 1. The van der Waals surface area contributed by atoms with Gasteiger partial charge in [-0.25, -0.2) is 14.2 Å². The van der Waals surface area contributed by atoms with Crippen LogP contribution < -0.4 is 16.4 Å². The van der Waals surface area contributed by atoms with Gasteiger partial charge in [-0.15, -0.1) is 0 Å². The molecule has 0 saturated carbocycles. The van der Waals surface area contributed by atoms with E-state index < -0.39 is 17.9 Å². The van der Waals surface area contributed by atoms with Gasteiger partial charge in [0.05, 0.1) is 31.2 Å². The molecule has 1 fully saturated rings. The average molecular weight is 522 g/mol. The van der Waals surface area contributed by atoms with Crippen molar-refractivity contribution in [1.29, 1.82) is 0 Å². The Labute approximate surface area is 221 Å². The van der Waals surface area contributed by atoms with E-state index in [1.807, 2.05) is 30.1 Å². The highest BCUT2D eigenvalue weighted by Crippen LogP contribution is 2.43. The fourth-order valence-corrected chi connectivity index (χ4v) is 5.18. The van der Waals surface area contributed by atoms with Gasteiger partial charge in [-0.05, 0) is 47.9 Å². The van der Waals surface area contributed by atoms with Crippen molar-refractivity contribution in [3.8, 4) is 0 Å². The summed E-state index contributed by atoms with van der Waals surface area (Å²) in [5.74, 6) is -0.478. The number of hydrogen-bond acceptors (Lipinski definition) is 8. The molecule has 2 aromatic rings. The number of urea groups is 1. The third-order valence-electron chi connectivity index (χ3n) is 6.94. The number of aliphatic imine (C=N–C) groups is 1. The maximum Gasteiger partial charge on any atom is 0.323 e. The largest absolute Gasteiger partial charge is 0.385 e. The predicted octanol–water partition coefficient (Wildman–Crippen LogP) is 3.09. The molecule has 2 amide bonds. The molecule has 200 valence electrons. The van der Waals surface area contributed by atoms with E-state index in [0.717, 1.165) is 29.9 Å². The summed E-state index contributed by atoms with van der Waals surface area (Å²) in [6.45, 7) is 5.86. The summed E-state index contributed by atoms with van der Waals surface area (Å²) >= 11 is 0. The lowest BCUT2D eigenvalue weighted by Gasteiger charge is -2.32. The van der Waals surface area contributed by atoms with Crippen LogP contribution in [0.25, 0.3) is 0 Å². The van der Waals surface area contributed by atoms with Crippen molar-refractivity contribution in [3.05, 3.63) is 70.7 Å². The van der Waals surface area contributed by atoms with Gasteiger partial charge in [0.25, 0.3) is 0 Å². The Morgan fingerprint density at radius 2 is 2.03 bits per heavy atom. The van der Waals surface area contributed by atoms with Gasteiger partial charge in [-0.2, -0.15) is 5.10 Å². The zero-order valence-corrected chi connectivity index (χ0v) is 21.5. The fourth-order valence-electron chi connectivity index (χ4n) is 5.18. The van der Waals surface area contributed by atoms with Gasteiger partial charge in [-0.3, -0.25) is 9.91 Å². The molecule has 5 rings (SSSR count). The van der Waals surface area contributed by atoms with Gasteiger partial charge in [0.15, 0.2) is 0 Å². The van der Waals surface area contributed by atoms with Gasteiger partial charge >= 0.3 is 6.03 Å². The molecule has 0 radical (unpaired) electrons. The molecule has 2 atom stereocenters. The third-order valence-corrected chi connectivity index (χ3v) is 6.94. The fraction of sp³-hybridized carbons (Fsp3) is 0.370. The maximum atomic E-state index is 15.4. The molecule has 38 heavy (non-hydrogen) atoms. The number of morpholine rings is 1. The number of ether oxygens (including phenoxy) is 2. The molecular formula is C27H32FN7O3. The van der Waals surface area contributed by atoms with E-state index >= 15 is 4.39 Å². The monoisotopic (exact) mass is 521 g/mol. The summed E-state index contributed by atoms with van der Waals surface area (Å²) in [4.78, 5) is 19.1. The second-order valence-electron chi connectivity index (χ2n) is 9.53. The zero-order chi connectivity index (χ0) is 26.6. The average Bonchev–Trinajstić information content (AvgIpc) is 3.20. The van der Waals surface area contributed by atoms with Gasteiger partial charge < -0.3 is 25.8 Å². The molecule has 11 heteroatoms. The SMILES string of the molecule is COCC1=C(CN2CCOCC2)N2N=CN=C(N)C2C1c1ccc(NC(=O)Nc2cccc(C)c2)c(F)c1. The highest BCUT2D eigenvalue weighted by Gasteiger charge is 2.45. The predicted molar refractivity (Wildman–Crippen MR) is 145 cm³/mol. The summed E-state index contributed by atoms with van der Waals surface area (Å²) in [6, 6.07) is 11.2. The number of carbonyl (C=O) groups is 1. The minimum absolute atomic E-state index is 0.0721. The Balaban J connectivity index is 1.42. The van der Waals surface area contributed by atoms with Crippen LogP contribution >= 0.6 is 0 Å². The Bertz CT molecular complexity index is 1290. The number of benzene rings is 2. The summed E-state index contributed by atoms with van der Waals surface area (Å²) in [5, 5.41) is 11.7. The van der Waals surface area contributed by atoms with Gasteiger partial charge in [-0.1, -0.05) is 18.2 Å². The molecule has 10 nitrogen and oxygen atoms in total. The first kappa shape index (κ1) is 25.8. The number of nitrogens with zero attached hydrogens (tertiary/aromatic N) is 4. The van der Waals surface area contributed by atoms with Crippen molar-refractivity contribution < 1.29 is 18.7 Å². The molecule has 1 saturated heterocycles. The summed E-state index contributed by atoms with van der Waals surface area (Å²) in [5.41, 5.74) is 10.7. The van der Waals surface area contributed by atoms with Crippen molar-refractivity contribution in [2.24, 2.45) is 15.8 Å². The van der Waals surface area contributed by atoms with E-state index in [1.165, 1.54) is 12.4 Å². The van der Waals surface area contributed by atoms with E-state index in [0.29, 0.717) is 43.5 Å². The molecular weight excluding hydrogens is 489 g/mol. The number of hydrogen-bond donors (Lipinski definition) is 3. The first-order chi connectivity index (χ1) is 18.4. The molecule has 3 heterocycles. The second kappa shape index (κ2) is 11.3. The van der Waals surface area contributed by atoms with Crippen molar-refractivity contribution >= 4 is 29.6 Å². The molecule has 2 aromatic carbocycles. The highest BCUT2D eigenvalue weighted by molar-refractivity contribution is 6.00. The van der Waals surface area contributed by atoms with Crippen LogP contribution in [0.1, 0.15) is 17.0 Å².